The lowest BCUT2D eigenvalue weighted by molar-refractivity contribution is 0.104. The monoisotopic (exact) mass is 380 g/mol. The minimum absolute atomic E-state index is 0.0616. The highest BCUT2D eigenvalue weighted by atomic mass is 127. The lowest BCUT2D eigenvalue weighted by Crippen LogP contribution is -1.93. The van der Waals surface area contributed by atoms with Crippen LogP contribution in [0, 0.1) is 3.57 Å². The Balaban J connectivity index is 2.16. The fourth-order valence-electron chi connectivity index (χ4n) is 1.68. The van der Waals surface area contributed by atoms with Gasteiger partial charge in [0.25, 0.3) is 0 Å². The van der Waals surface area contributed by atoms with Crippen LogP contribution < -0.4 is 4.74 Å². The zero-order chi connectivity index (χ0) is 14.5. The highest BCUT2D eigenvalue weighted by Gasteiger charge is 2.03. The summed E-state index contributed by atoms with van der Waals surface area (Å²) < 4.78 is 6.11. The van der Waals surface area contributed by atoms with E-state index in [1.54, 1.807) is 30.3 Å². The Bertz CT molecular complexity index is 645. The van der Waals surface area contributed by atoms with E-state index in [0.717, 1.165) is 9.13 Å². The van der Waals surface area contributed by atoms with E-state index in [0.29, 0.717) is 11.3 Å². The van der Waals surface area contributed by atoms with Crippen molar-refractivity contribution in [2.45, 2.75) is 0 Å². The number of hydrogen-bond acceptors (Lipinski definition) is 3. The van der Waals surface area contributed by atoms with Crippen LogP contribution in [0.25, 0.3) is 6.08 Å². The topological polar surface area (TPSA) is 46.5 Å². The van der Waals surface area contributed by atoms with Crippen LogP contribution in [0.1, 0.15) is 15.9 Å². The summed E-state index contributed by atoms with van der Waals surface area (Å²) in [6.45, 7) is 0. The number of benzene rings is 2. The van der Waals surface area contributed by atoms with Crippen molar-refractivity contribution in [2.75, 3.05) is 7.11 Å². The normalized spacial score (nSPS) is 10.7. The molecule has 0 fully saturated rings. The first kappa shape index (κ1) is 14.6. The molecule has 0 saturated carbocycles. The van der Waals surface area contributed by atoms with Gasteiger partial charge in [0.15, 0.2) is 17.3 Å². The van der Waals surface area contributed by atoms with Crippen LogP contribution in [-0.2, 0) is 0 Å². The molecular formula is C16H13IO3. The molecule has 0 unspecified atom stereocenters. The Morgan fingerprint density at radius 3 is 2.55 bits per heavy atom. The van der Waals surface area contributed by atoms with Gasteiger partial charge in [0.2, 0.25) is 0 Å². The van der Waals surface area contributed by atoms with Crippen LogP contribution in [-0.4, -0.2) is 18.0 Å². The van der Waals surface area contributed by atoms with Crippen molar-refractivity contribution < 1.29 is 14.6 Å². The number of rotatable bonds is 4. The number of aromatic hydroxyl groups is 1. The minimum atomic E-state index is -0.0616. The average molecular weight is 380 g/mol. The number of carbonyl (C=O) groups excluding carboxylic acids is 1. The van der Waals surface area contributed by atoms with Gasteiger partial charge < -0.3 is 9.84 Å². The van der Waals surface area contributed by atoms with Crippen molar-refractivity contribution >= 4 is 34.5 Å². The molecule has 0 aliphatic heterocycles. The van der Waals surface area contributed by atoms with Crippen LogP contribution in [0.5, 0.6) is 11.5 Å². The van der Waals surface area contributed by atoms with Gasteiger partial charge in [-0.2, -0.15) is 0 Å². The van der Waals surface area contributed by atoms with E-state index in [1.807, 2.05) is 12.1 Å². The fourth-order valence-corrected chi connectivity index (χ4v) is 2.04. The first-order valence-corrected chi connectivity index (χ1v) is 7.03. The van der Waals surface area contributed by atoms with Crippen LogP contribution in [0.2, 0.25) is 0 Å². The molecule has 0 aliphatic carbocycles. The van der Waals surface area contributed by atoms with E-state index in [2.05, 4.69) is 22.6 Å². The number of halogens is 1. The number of ether oxygens (including phenoxy) is 1. The van der Waals surface area contributed by atoms with E-state index >= 15 is 0 Å². The standard InChI is InChI=1S/C16H13IO3/c1-20-16-10-11(3-9-15(16)19)2-8-14(18)12-4-6-13(17)7-5-12/h2-10,19H,1H3/b8-2+. The summed E-state index contributed by atoms with van der Waals surface area (Å²) in [6.07, 6.45) is 3.20. The molecule has 102 valence electrons. The summed E-state index contributed by atoms with van der Waals surface area (Å²) in [5, 5.41) is 9.50. The summed E-state index contributed by atoms with van der Waals surface area (Å²) in [7, 11) is 1.49. The molecule has 2 aromatic rings. The van der Waals surface area contributed by atoms with Gasteiger partial charge >= 0.3 is 0 Å². The number of carbonyl (C=O) groups is 1. The Hall–Kier alpha value is -1.82. The van der Waals surface area contributed by atoms with E-state index in [-0.39, 0.29) is 11.5 Å². The predicted molar refractivity (Wildman–Crippen MR) is 87.2 cm³/mol. The van der Waals surface area contributed by atoms with Gasteiger partial charge in [-0.25, -0.2) is 0 Å². The third-order valence-corrected chi connectivity index (χ3v) is 3.48. The first-order chi connectivity index (χ1) is 9.60. The van der Waals surface area contributed by atoms with Crippen molar-refractivity contribution in [1.29, 1.82) is 0 Å². The van der Waals surface area contributed by atoms with Crippen LogP contribution in [0.4, 0.5) is 0 Å². The van der Waals surface area contributed by atoms with Gasteiger partial charge in [0.05, 0.1) is 7.11 Å². The Morgan fingerprint density at radius 1 is 1.20 bits per heavy atom. The van der Waals surface area contributed by atoms with Crippen molar-refractivity contribution in [3.63, 3.8) is 0 Å². The maximum absolute atomic E-state index is 12.0. The average Bonchev–Trinajstić information content (AvgIpc) is 2.46. The van der Waals surface area contributed by atoms with Gasteiger partial charge in [0, 0.05) is 9.13 Å². The summed E-state index contributed by atoms with van der Waals surface area (Å²) >= 11 is 2.19. The number of methoxy groups -OCH3 is 1. The maximum Gasteiger partial charge on any atom is 0.185 e. The second kappa shape index (κ2) is 6.56. The highest BCUT2D eigenvalue weighted by molar-refractivity contribution is 14.1. The van der Waals surface area contributed by atoms with Crippen molar-refractivity contribution in [3.05, 3.63) is 63.2 Å². The Morgan fingerprint density at radius 2 is 1.90 bits per heavy atom. The SMILES string of the molecule is COc1cc(/C=C/C(=O)c2ccc(I)cc2)ccc1O. The molecule has 0 heterocycles. The number of phenolic OH excluding ortho intramolecular Hbond substituents is 1. The third-order valence-electron chi connectivity index (χ3n) is 2.76. The first-order valence-electron chi connectivity index (χ1n) is 5.95. The van der Waals surface area contributed by atoms with Gasteiger partial charge in [-0.3, -0.25) is 4.79 Å². The van der Waals surface area contributed by atoms with E-state index in [4.69, 9.17) is 4.74 Å². The van der Waals surface area contributed by atoms with Crippen LogP contribution in [0.15, 0.2) is 48.5 Å². The van der Waals surface area contributed by atoms with Gasteiger partial charge in [0.1, 0.15) is 0 Å². The maximum atomic E-state index is 12.0. The van der Waals surface area contributed by atoms with Crippen molar-refractivity contribution in [1.82, 2.24) is 0 Å². The highest BCUT2D eigenvalue weighted by Crippen LogP contribution is 2.26. The smallest absolute Gasteiger partial charge is 0.185 e. The molecule has 0 radical (unpaired) electrons. The van der Waals surface area contributed by atoms with E-state index in [1.165, 1.54) is 19.3 Å². The zero-order valence-corrected chi connectivity index (χ0v) is 13.0. The Kier molecular flexibility index (Phi) is 4.79. The molecule has 0 aliphatic rings. The lowest BCUT2D eigenvalue weighted by atomic mass is 10.1. The number of hydrogen-bond donors (Lipinski definition) is 1. The summed E-state index contributed by atoms with van der Waals surface area (Å²) in [4.78, 5) is 12.0. The molecule has 0 spiro atoms. The molecule has 0 atom stereocenters. The number of phenols is 1. The van der Waals surface area contributed by atoms with Gasteiger partial charge in [-0.15, -0.1) is 0 Å². The number of allylic oxidation sites excluding steroid dienone is 1. The second-order valence-corrected chi connectivity index (χ2v) is 5.38. The summed E-state index contributed by atoms with van der Waals surface area (Å²) in [6, 6.07) is 12.3. The quantitative estimate of drug-likeness (QED) is 0.497. The molecule has 0 aromatic heterocycles. The predicted octanol–water partition coefficient (Wildman–Crippen LogP) is 3.90. The van der Waals surface area contributed by atoms with E-state index < -0.39 is 0 Å². The van der Waals surface area contributed by atoms with Gasteiger partial charge in [-0.05, 0) is 58.5 Å². The molecule has 2 rings (SSSR count). The number of ketones is 1. The molecule has 3 nitrogen and oxygen atoms in total. The minimum Gasteiger partial charge on any atom is -0.504 e. The van der Waals surface area contributed by atoms with Crippen molar-refractivity contribution in [2.24, 2.45) is 0 Å². The second-order valence-electron chi connectivity index (χ2n) is 4.14. The van der Waals surface area contributed by atoms with E-state index in [9.17, 15) is 9.90 Å². The molecule has 4 heteroatoms. The molecule has 0 saturated heterocycles. The molecule has 0 bridgehead atoms. The molecular weight excluding hydrogens is 367 g/mol. The molecule has 2 aromatic carbocycles. The van der Waals surface area contributed by atoms with Crippen molar-refractivity contribution in [3.8, 4) is 11.5 Å². The van der Waals surface area contributed by atoms with Crippen LogP contribution in [0.3, 0.4) is 0 Å². The zero-order valence-electron chi connectivity index (χ0n) is 10.8. The molecule has 20 heavy (non-hydrogen) atoms. The summed E-state index contributed by atoms with van der Waals surface area (Å²) in [5.74, 6) is 0.399. The summed E-state index contributed by atoms with van der Waals surface area (Å²) in [5.41, 5.74) is 1.44. The molecule has 1 N–H and O–H groups in total. The lowest BCUT2D eigenvalue weighted by Gasteiger charge is -2.03. The Labute approximate surface area is 131 Å². The fraction of sp³-hybridized carbons (Fsp3) is 0.0625. The van der Waals surface area contributed by atoms with Crippen LogP contribution >= 0.6 is 22.6 Å². The largest absolute Gasteiger partial charge is 0.504 e. The molecule has 0 amide bonds. The third kappa shape index (κ3) is 3.60. The van der Waals surface area contributed by atoms with Gasteiger partial charge in [-0.1, -0.05) is 24.3 Å².